The van der Waals surface area contributed by atoms with Gasteiger partial charge in [-0.1, -0.05) is 5.16 Å². The molecule has 0 fully saturated rings. The van der Waals surface area contributed by atoms with Crippen LogP contribution in [0.15, 0.2) is 29.4 Å². The van der Waals surface area contributed by atoms with Crippen LogP contribution in [0.5, 0.6) is 5.75 Å². The lowest BCUT2D eigenvalue weighted by molar-refractivity contribution is 0.319. The number of oxime groups is 1. The third kappa shape index (κ3) is 1.75. The van der Waals surface area contributed by atoms with Gasteiger partial charge < -0.3 is 9.94 Å². The zero-order valence-electron chi connectivity index (χ0n) is 7.11. The van der Waals surface area contributed by atoms with Gasteiger partial charge in [0.2, 0.25) is 0 Å². The Labute approximate surface area is 71.3 Å². The van der Waals surface area contributed by atoms with E-state index in [0.29, 0.717) is 5.71 Å². The van der Waals surface area contributed by atoms with Crippen LogP contribution in [0, 0.1) is 0 Å². The average Bonchev–Trinajstić information content (AvgIpc) is 2.17. The summed E-state index contributed by atoms with van der Waals surface area (Å²) in [5.41, 5.74) is 1.48. The SMILES string of the molecule is COc1ccc(/C(C)=N/O)cc1. The maximum atomic E-state index is 8.47. The molecule has 0 aliphatic rings. The van der Waals surface area contributed by atoms with Gasteiger partial charge in [0, 0.05) is 0 Å². The average molecular weight is 165 g/mol. The molecule has 0 saturated heterocycles. The lowest BCUT2D eigenvalue weighted by Gasteiger charge is -2.00. The smallest absolute Gasteiger partial charge is 0.118 e. The van der Waals surface area contributed by atoms with Gasteiger partial charge in [0.05, 0.1) is 12.8 Å². The maximum Gasteiger partial charge on any atom is 0.118 e. The summed E-state index contributed by atoms with van der Waals surface area (Å²) >= 11 is 0. The Morgan fingerprint density at radius 3 is 2.33 bits per heavy atom. The van der Waals surface area contributed by atoms with Gasteiger partial charge in [-0.05, 0) is 36.8 Å². The molecule has 0 unspecified atom stereocenters. The molecule has 1 aromatic carbocycles. The molecule has 1 N–H and O–H groups in total. The van der Waals surface area contributed by atoms with Crippen LogP contribution >= 0.6 is 0 Å². The molecule has 1 rings (SSSR count). The highest BCUT2D eigenvalue weighted by molar-refractivity contribution is 5.98. The van der Waals surface area contributed by atoms with E-state index in [0.717, 1.165) is 11.3 Å². The number of rotatable bonds is 2. The van der Waals surface area contributed by atoms with Gasteiger partial charge in [-0.2, -0.15) is 0 Å². The minimum atomic E-state index is 0.595. The number of hydrogen-bond donors (Lipinski definition) is 1. The van der Waals surface area contributed by atoms with Crippen molar-refractivity contribution in [3.63, 3.8) is 0 Å². The molecule has 0 aromatic heterocycles. The molecular formula is C9H11NO2. The third-order valence-electron chi connectivity index (χ3n) is 1.66. The molecule has 64 valence electrons. The lowest BCUT2D eigenvalue weighted by Crippen LogP contribution is -1.93. The summed E-state index contributed by atoms with van der Waals surface area (Å²) in [6, 6.07) is 7.33. The van der Waals surface area contributed by atoms with Crippen molar-refractivity contribution in [2.45, 2.75) is 6.92 Å². The molecule has 0 aliphatic carbocycles. The first-order valence-corrected chi connectivity index (χ1v) is 3.61. The zero-order valence-corrected chi connectivity index (χ0v) is 7.11. The first-order chi connectivity index (χ1) is 5.77. The molecule has 1 aromatic rings. The van der Waals surface area contributed by atoms with Gasteiger partial charge in [0.25, 0.3) is 0 Å². The van der Waals surface area contributed by atoms with Gasteiger partial charge in [-0.3, -0.25) is 0 Å². The number of methoxy groups -OCH3 is 1. The highest BCUT2D eigenvalue weighted by Gasteiger charge is 1.96. The Balaban J connectivity index is 2.92. The molecule has 0 saturated carbocycles. The topological polar surface area (TPSA) is 41.8 Å². The van der Waals surface area contributed by atoms with Crippen molar-refractivity contribution in [1.82, 2.24) is 0 Å². The highest BCUT2D eigenvalue weighted by atomic mass is 16.5. The fraction of sp³-hybridized carbons (Fsp3) is 0.222. The van der Waals surface area contributed by atoms with Crippen molar-refractivity contribution in [1.29, 1.82) is 0 Å². The summed E-state index contributed by atoms with van der Waals surface area (Å²) in [4.78, 5) is 0. The van der Waals surface area contributed by atoms with E-state index in [1.54, 1.807) is 14.0 Å². The van der Waals surface area contributed by atoms with E-state index in [1.807, 2.05) is 24.3 Å². The van der Waals surface area contributed by atoms with E-state index in [4.69, 9.17) is 9.94 Å². The number of nitrogens with zero attached hydrogens (tertiary/aromatic N) is 1. The molecule has 0 radical (unpaired) electrons. The van der Waals surface area contributed by atoms with Crippen LogP contribution in [0.25, 0.3) is 0 Å². The summed E-state index contributed by atoms with van der Waals surface area (Å²) in [7, 11) is 1.61. The first kappa shape index (κ1) is 8.59. The molecule has 3 nitrogen and oxygen atoms in total. The van der Waals surface area contributed by atoms with E-state index in [9.17, 15) is 0 Å². The van der Waals surface area contributed by atoms with Crippen molar-refractivity contribution in [2.75, 3.05) is 7.11 Å². The number of hydrogen-bond acceptors (Lipinski definition) is 3. The second kappa shape index (κ2) is 3.76. The minimum Gasteiger partial charge on any atom is -0.497 e. The Morgan fingerprint density at radius 1 is 1.33 bits per heavy atom. The van der Waals surface area contributed by atoms with Crippen LogP contribution in [-0.2, 0) is 0 Å². The zero-order chi connectivity index (χ0) is 8.97. The van der Waals surface area contributed by atoms with Crippen LogP contribution in [-0.4, -0.2) is 18.0 Å². The van der Waals surface area contributed by atoms with E-state index >= 15 is 0 Å². The Morgan fingerprint density at radius 2 is 1.92 bits per heavy atom. The fourth-order valence-corrected chi connectivity index (χ4v) is 0.890. The highest BCUT2D eigenvalue weighted by Crippen LogP contribution is 2.11. The van der Waals surface area contributed by atoms with E-state index in [2.05, 4.69) is 5.16 Å². The minimum absolute atomic E-state index is 0.595. The van der Waals surface area contributed by atoms with Crippen LogP contribution in [0.2, 0.25) is 0 Å². The maximum absolute atomic E-state index is 8.47. The van der Waals surface area contributed by atoms with Gasteiger partial charge in [-0.25, -0.2) is 0 Å². The molecule has 3 heteroatoms. The molecule has 0 aliphatic heterocycles. The van der Waals surface area contributed by atoms with Gasteiger partial charge >= 0.3 is 0 Å². The Hall–Kier alpha value is -1.51. The largest absolute Gasteiger partial charge is 0.497 e. The fourth-order valence-electron chi connectivity index (χ4n) is 0.890. The third-order valence-corrected chi connectivity index (χ3v) is 1.66. The predicted molar refractivity (Wildman–Crippen MR) is 47.0 cm³/mol. The first-order valence-electron chi connectivity index (χ1n) is 3.61. The molecule has 12 heavy (non-hydrogen) atoms. The Bertz CT molecular complexity index is 277. The summed E-state index contributed by atoms with van der Waals surface area (Å²) in [5.74, 6) is 0.796. The van der Waals surface area contributed by atoms with E-state index < -0.39 is 0 Å². The molecule has 0 atom stereocenters. The summed E-state index contributed by atoms with van der Waals surface area (Å²) in [5, 5.41) is 11.6. The molecule has 0 amide bonds. The normalized spacial score (nSPS) is 11.3. The van der Waals surface area contributed by atoms with Gasteiger partial charge in [0.1, 0.15) is 5.75 Å². The standard InChI is InChI=1S/C9H11NO2/c1-7(10-11)8-3-5-9(12-2)6-4-8/h3-6,11H,1-2H3/b10-7+. The van der Waals surface area contributed by atoms with Crippen LogP contribution in [0.3, 0.4) is 0 Å². The van der Waals surface area contributed by atoms with Crippen LogP contribution in [0.1, 0.15) is 12.5 Å². The van der Waals surface area contributed by atoms with E-state index in [-0.39, 0.29) is 0 Å². The lowest BCUT2D eigenvalue weighted by atomic mass is 10.1. The van der Waals surface area contributed by atoms with Gasteiger partial charge in [0.15, 0.2) is 0 Å². The van der Waals surface area contributed by atoms with Crippen LogP contribution in [0.4, 0.5) is 0 Å². The van der Waals surface area contributed by atoms with Crippen molar-refractivity contribution in [2.24, 2.45) is 5.16 Å². The predicted octanol–water partition coefficient (Wildman–Crippen LogP) is 1.89. The number of benzene rings is 1. The summed E-state index contributed by atoms with van der Waals surface area (Å²) < 4.78 is 4.98. The Kier molecular flexibility index (Phi) is 2.69. The second-order valence-electron chi connectivity index (χ2n) is 2.41. The second-order valence-corrected chi connectivity index (χ2v) is 2.41. The quantitative estimate of drug-likeness (QED) is 0.413. The molecule has 0 bridgehead atoms. The number of ether oxygens (including phenoxy) is 1. The molecule has 0 spiro atoms. The van der Waals surface area contributed by atoms with Crippen molar-refractivity contribution in [3.8, 4) is 5.75 Å². The summed E-state index contributed by atoms with van der Waals surface area (Å²) in [6.07, 6.45) is 0. The van der Waals surface area contributed by atoms with Crippen molar-refractivity contribution in [3.05, 3.63) is 29.8 Å². The van der Waals surface area contributed by atoms with Crippen molar-refractivity contribution < 1.29 is 9.94 Å². The van der Waals surface area contributed by atoms with Crippen LogP contribution < -0.4 is 4.74 Å². The molecule has 0 heterocycles. The molecular weight excluding hydrogens is 154 g/mol. The van der Waals surface area contributed by atoms with E-state index in [1.165, 1.54) is 0 Å². The monoisotopic (exact) mass is 165 g/mol. The van der Waals surface area contributed by atoms with Crippen molar-refractivity contribution >= 4 is 5.71 Å². The van der Waals surface area contributed by atoms with Gasteiger partial charge in [-0.15, -0.1) is 0 Å². The summed E-state index contributed by atoms with van der Waals surface area (Å²) in [6.45, 7) is 1.74.